The molecule has 1 fully saturated rings. The highest BCUT2D eigenvalue weighted by Crippen LogP contribution is 2.31. The summed E-state index contributed by atoms with van der Waals surface area (Å²) in [6, 6.07) is 10.1. The van der Waals surface area contributed by atoms with Gasteiger partial charge in [-0.1, -0.05) is 15.9 Å². The maximum atomic E-state index is 13.0. The molecule has 8 nitrogen and oxygen atoms in total. The van der Waals surface area contributed by atoms with Crippen molar-refractivity contribution in [2.75, 3.05) is 36.5 Å². The SMILES string of the molecule is O=C(Nc1cc(Br)ccc1N1CCOCC1)c1c[nH]c2ccc([N+](=O)[O-])cc12. The Morgan fingerprint density at radius 3 is 2.75 bits per heavy atom. The zero-order valence-corrected chi connectivity index (χ0v) is 16.4. The van der Waals surface area contributed by atoms with Gasteiger partial charge in [0.05, 0.1) is 35.1 Å². The second kappa shape index (κ2) is 7.61. The first kappa shape index (κ1) is 18.5. The molecule has 2 aromatic carbocycles. The van der Waals surface area contributed by atoms with Crippen LogP contribution in [0.2, 0.25) is 0 Å². The number of aromatic nitrogens is 1. The molecule has 1 saturated heterocycles. The molecule has 0 saturated carbocycles. The number of H-pyrrole nitrogens is 1. The second-order valence-corrected chi connectivity index (χ2v) is 7.32. The number of rotatable bonds is 4. The molecule has 28 heavy (non-hydrogen) atoms. The van der Waals surface area contributed by atoms with Crippen LogP contribution in [0.15, 0.2) is 47.1 Å². The van der Waals surface area contributed by atoms with Crippen molar-refractivity contribution in [2.45, 2.75) is 0 Å². The first-order valence-electron chi connectivity index (χ1n) is 8.72. The van der Waals surface area contributed by atoms with Gasteiger partial charge in [-0.25, -0.2) is 0 Å². The van der Waals surface area contributed by atoms with E-state index >= 15 is 0 Å². The number of amides is 1. The van der Waals surface area contributed by atoms with E-state index in [1.807, 2.05) is 18.2 Å². The topological polar surface area (TPSA) is 100 Å². The number of carbonyl (C=O) groups is 1. The van der Waals surface area contributed by atoms with Crippen LogP contribution in [0, 0.1) is 10.1 Å². The standard InChI is InChI=1S/C19H17BrN4O4/c20-12-1-4-18(23-5-7-28-8-6-23)17(9-12)22-19(25)15-11-21-16-3-2-13(24(26)27)10-14(15)16/h1-4,9-11,21H,5-8H2,(H,22,25). The molecule has 1 aliphatic rings. The highest BCUT2D eigenvalue weighted by molar-refractivity contribution is 9.10. The van der Waals surface area contributed by atoms with E-state index in [-0.39, 0.29) is 11.6 Å². The van der Waals surface area contributed by atoms with Crippen molar-refractivity contribution in [1.82, 2.24) is 4.98 Å². The van der Waals surface area contributed by atoms with Crippen LogP contribution in [0.25, 0.3) is 10.9 Å². The quantitative estimate of drug-likeness (QED) is 0.468. The van der Waals surface area contributed by atoms with Gasteiger partial charge in [0.25, 0.3) is 11.6 Å². The first-order valence-corrected chi connectivity index (χ1v) is 9.51. The number of morpholine rings is 1. The number of anilines is 2. The van der Waals surface area contributed by atoms with Gasteiger partial charge in [0.2, 0.25) is 0 Å². The maximum absolute atomic E-state index is 13.0. The molecule has 1 aromatic heterocycles. The number of nitro benzene ring substituents is 1. The number of hydrogen-bond acceptors (Lipinski definition) is 5. The molecule has 1 amide bonds. The molecule has 1 aliphatic heterocycles. The Morgan fingerprint density at radius 1 is 1.21 bits per heavy atom. The maximum Gasteiger partial charge on any atom is 0.270 e. The minimum Gasteiger partial charge on any atom is -0.378 e. The number of nitrogens with one attached hydrogen (secondary N) is 2. The Hall–Kier alpha value is -2.91. The summed E-state index contributed by atoms with van der Waals surface area (Å²) in [5, 5.41) is 14.5. The lowest BCUT2D eigenvalue weighted by atomic mass is 10.1. The Morgan fingerprint density at radius 2 is 2.00 bits per heavy atom. The Balaban J connectivity index is 1.67. The molecule has 0 unspecified atom stereocenters. The van der Waals surface area contributed by atoms with Gasteiger partial charge in [-0.3, -0.25) is 14.9 Å². The number of carbonyl (C=O) groups excluding carboxylic acids is 1. The Kier molecular flexibility index (Phi) is 5.01. The van der Waals surface area contributed by atoms with E-state index in [0.29, 0.717) is 35.4 Å². The average Bonchev–Trinajstić information content (AvgIpc) is 3.12. The number of non-ortho nitro benzene ring substituents is 1. The van der Waals surface area contributed by atoms with Gasteiger partial charge in [-0.15, -0.1) is 0 Å². The second-order valence-electron chi connectivity index (χ2n) is 6.40. The molecule has 0 atom stereocenters. The van der Waals surface area contributed by atoms with Crippen LogP contribution >= 0.6 is 15.9 Å². The molecule has 2 N–H and O–H groups in total. The number of nitro groups is 1. The number of halogens is 1. The first-order chi connectivity index (χ1) is 13.5. The number of nitrogens with zero attached hydrogens (tertiary/aromatic N) is 2. The van der Waals surface area contributed by atoms with Gasteiger partial charge in [0, 0.05) is 46.8 Å². The third kappa shape index (κ3) is 3.58. The highest BCUT2D eigenvalue weighted by Gasteiger charge is 2.19. The monoisotopic (exact) mass is 444 g/mol. The number of ether oxygens (including phenoxy) is 1. The predicted octanol–water partition coefficient (Wildman–Crippen LogP) is 3.93. The summed E-state index contributed by atoms with van der Waals surface area (Å²) < 4.78 is 6.25. The number of aromatic amines is 1. The normalized spacial score (nSPS) is 14.2. The van der Waals surface area contributed by atoms with E-state index in [0.717, 1.165) is 23.2 Å². The van der Waals surface area contributed by atoms with Crippen LogP contribution in [0.1, 0.15) is 10.4 Å². The van der Waals surface area contributed by atoms with Crippen LogP contribution in [-0.4, -0.2) is 42.1 Å². The highest BCUT2D eigenvalue weighted by atomic mass is 79.9. The Bertz CT molecular complexity index is 1060. The fourth-order valence-electron chi connectivity index (χ4n) is 3.29. The predicted molar refractivity (Wildman–Crippen MR) is 110 cm³/mol. The molecule has 4 rings (SSSR count). The van der Waals surface area contributed by atoms with E-state index < -0.39 is 4.92 Å². The van der Waals surface area contributed by atoms with Crippen molar-refractivity contribution < 1.29 is 14.5 Å². The van der Waals surface area contributed by atoms with Crippen molar-refractivity contribution in [3.05, 3.63) is 62.7 Å². The van der Waals surface area contributed by atoms with Crippen LogP contribution in [-0.2, 0) is 4.74 Å². The molecule has 0 spiro atoms. The van der Waals surface area contributed by atoms with E-state index in [1.54, 1.807) is 12.3 Å². The summed E-state index contributed by atoms with van der Waals surface area (Å²) in [6.07, 6.45) is 1.57. The number of benzene rings is 2. The lowest BCUT2D eigenvalue weighted by molar-refractivity contribution is -0.384. The van der Waals surface area contributed by atoms with Gasteiger partial charge < -0.3 is 19.9 Å². The van der Waals surface area contributed by atoms with E-state index in [2.05, 4.69) is 31.1 Å². The smallest absolute Gasteiger partial charge is 0.270 e. The van der Waals surface area contributed by atoms with Crippen LogP contribution in [0.4, 0.5) is 17.1 Å². The molecule has 0 aliphatic carbocycles. The average molecular weight is 445 g/mol. The third-order valence-electron chi connectivity index (χ3n) is 4.68. The molecule has 9 heteroatoms. The summed E-state index contributed by atoms with van der Waals surface area (Å²) >= 11 is 3.45. The van der Waals surface area contributed by atoms with E-state index in [4.69, 9.17) is 4.74 Å². The van der Waals surface area contributed by atoms with Crippen LogP contribution in [0.3, 0.4) is 0 Å². The lowest BCUT2D eigenvalue weighted by Crippen LogP contribution is -2.36. The molecule has 0 radical (unpaired) electrons. The fraction of sp³-hybridized carbons (Fsp3) is 0.211. The van der Waals surface area contributed by atoms with E-state index in [9.17, 15) is 14.9 Å². The largest absolute Gasteiger partial charge is 0.378 e. The molecule has 2 heterocycles. The molecular weight excluding hydrogens is 428 g/mol. The van der Waals surface area contributed by atoms with Crippen LogP contribution < -0.4 is 10.2 Å². The molecule has 144 valence electrons. The van der Waals surface area contributed by atoms with Crippen LogP contribution in [0.5, 0.6) is 0 Å². The van der Waals surface area contributed by atoms with Crippen molar-refractivity contribution in [1.29, 1.82) is 0 Å². The minimum absolute atomic E-state index is 0.0578. The fourth-order valence-corrected chi connectivity index (χ4v) is 3.65. The van der Waals surface area contributed by atoms with Crippen molar-refractivity contribution in [3.8, 4) is 0 Å². The van der Waals surface area contributed by atoms with Gasteiger partial charge in [0.15, 0.2) is 0 Å². The zero-order chi connectivity index (χ0) is 19.7. The molecule has 3 aromatic rings. The molecule has 0 bridgehead atoms. The summed E-state index contributed by atoms with van der Waals surface area (Å²) in [5.74, 6) is -0.334. The van der Waals surface area contributed by atoms with Gasteiger partial charge in [-0.05, 0) is 24.3 Å². The van der Waals surface area contributed by atoms with Crippen molar-refractivity contribution in [2.24, 2.45) is 0 Å². The lowest BCUT2D eigenvalue weighted by Gasteiger charge is -2.30. The van der Waals surface area contributed by atoms with Crippen molar-refractivity contribution in [3.63, 3.8) is 0 Å². The summed E-state index contributed by atoms with van der Waals surface area (Å²) in [4.78, 5) is 28.7. The third-order valence-corrected chi connectivity index (χ3v) is 5.17. The van der Waals surface area contributed by atoms with Gasteiger partial charge in [0.1, 0.15) is 0 Å². The van der Waals surface area contributed by atoms with Crippen molar-refractivity contribution >= 4 is 49.8 Å². The van der Waals surface area contributed by atoms with Gasteiger partial charge >= 0.3 is 0 Å². The summed E-state index contributed by atoms with van der Waals surface area (Å²) in [7, 11) is 0. The van der Waals surface area contributed by atoms with E-state index in [1.165, 1.54) is 12.1 Å². The zero-order valence-electron chi connectivity index (χ0n) is 14.8. The summed E-state index contributed by atoms with van der Waals surface area (Å²) in [5.41, 5.74) is 2.54. The van der Waals surface area contributed by atoms with Gasteiger partial charge in [-0.2, -0.15) is 0 Å². The Labute approximate surface area is 168 Å². The molecular formula is C19H17BrN4O4. The summed E-state index contributed by atoms with van der Waals surface area (Å²) in [6.45, 7) is 2.75. The number of fused-ring (bicyclic) bond motifs is 1. The number of hydrogen-bond donors (Lipinski definition) is 2. The minimum atomic E-state index is -0.473.